The molecule has 0 fully saturated rings. The molecule has 2 heterocycles. The van der Waals surface area contributed by atoms with Gasteiger partial charge in [0.2, 0.25) is 5.95 Å². The van der Waals surface area contributed by atoms with Crippen LogP contribution in [0.25, 0.3) is 0 Å². The molecule has 0 bridgehead atoms. The Hall–Kier alpha value is -2.92. The summed E-state index contributed by atoms with van der Waals surface area (Å²) in [6.45, 7) is 4.59. The summed E-state index contributed by atoms with van der Waals surface area (Å²) in [6.07, 6.45) is 0.941. The average Bonchev–Trinajstić information content (AvgIpc) is 3.08. The molecule has 0 saturated heterocycles. The number of fused-ring (bicyclic) bond motifs is 1. The summed E-state index contributed by atoms with van der Waals surface area (Å²) in [6, 6.07) is 15.3. The maximum atomic E-state index is 12.7. The highest BCUT2D eigenvalue weighted by atomic mass is 35.5. The van der Waals surface area contributed by atoms with Gasteiger partial charge in [-0.25, -0.2) is 9.97 Å². The van der Waals surface area contributed by atoms with Crippen LogP contribution in [0.3, 0.4) is 0 Å². The first-order valence-corrected chi connectivity index (χ1v) is 9.18. The lowest BCUT2D eigenvalue weighted by molar-refractivity contribution is 0.102. The number of hydrogen-bond acceptors (Lipinski definition) is 4. The maximum Gasteiger partial charge on any atom is 0.274 e. The molecule has 1 aliphatic rings. The van der Waals surface area contributed by atoms with E-state index in [9.17, 15) is 4.79 Å². The first-order chi connectivity index (χ1) is 13.0. The molecule has 2 aromatic carbocycles. The van der Waals surface area contributed by atoms with E-state index < -0.39 is 0 Å². The molecule has 1 N–H and O–H groups in total. The second-order valence-corrected chi connectivity index (χ2v) is 7.05. The Morgan fingerprint density at radius 2 is 1.93 bits per heavy atom. The topological polar surface area (TPSA) is 58.1 Å². The number of nitrogens with one attached hydrogen (secondary N) is 1. The number of nitrogens with zero attached hydrogens (tertiary/aromatic N) is 3. The summed E-state index contributed by atoms with van der Waals surface area (Å²) in [4.78, 5) is 23.8. The number of rotatable bonds is 3. The monoisotopic (exact) mass is 378 g/mol. The van der Waals surface area contributed by atoms with Crippen molar-refractivity contribution in [1.29, 1.82) is 0 Å². The predicted octanol–water partition coefficient (Wildman–Crippen LogP) is 4.69. The van der Waals surface area contributed by atoms with Crippen LogP contribution in [0.2, 0.25) is 5.02 Å². The van der Waals surface area contributed by atoms with Gasteiger partial charge in [-0.1, -0.05) is 35.9 Å². The molecule has 4 rings (SSSR count). The minimum atomic E-state index is -0.283. The van der Waals surface area contributed by atoms with Gasteiger partial charge < -0.3 is 10.2 Å². The van der Waals surface area contributed by atoms with Crippen LogP contribution in [-0.2, 0) is 6.42 Å². The van der Waals surface area contributed by atoms with Gasteiger partial charge in [-0.15, -0.1) is 0 Å². The molecule has 0 aliphatic carbocycles. The first kappa shape index (κ1) is 17.5. The van der Waals surface area contributed by atoms with Crippen LogP contribution < -0.4 is 10.2 Å². The molecule has 3 aromatic rings. The number of para-hydroxylation sites is 1. The molecule has 0 radical (unpaired) electrons. The molecule has 1 aliphatic heterocycles. The number of amides is 1. The van der Waals surface area contributed by atoms with Crippen molar-refractivity contribution < 1.29 is 4.79 Å². The highest BCUT2D eigenvalue weighted by molar-refractivity contribution is 6.31. The van der Waals surface area contributed by atoms with Gasteiger partial charge in [0.25, 0.3) is 5.91 Å². The molecule has 1 amide bonds. The number of benzene rings is 2. The molecular weight excluding hydrogens is 360 g/mol. The Kier molecular flexibility index (Phi) is 4.54. The van der Waals surface area contributed by atoms with Gasteiger partial charge in [0, 0.05) is 28.6 Å². The number of halogens is 1. The first-order valence-electron chi connectivity index (χ1n) is 8.80. The quantitative estimate of drug-likeness (QED) is 0.718. The fourth-order valence-electron chi connectivity index (χ4n) is 3.20. The standard InChI is InChI=1S/C21H19ClN4O/c1-13-7-8-16(12-17(13)22)24-20(27)18-11-14(2)23-21(25-18)26-10-9-15-5-3-4-6-19(15)26/h3-8,11-12H,9-10H2,1-2H3,(H,24,27). The molecule has 5 nitrogen and oxygen atoms in total. The summed E-state index contributed by atoms with van der Waals surface area (Å²) in [5.74, 6) is 0.265. The van der Waals surface area contributed by atoms with Gasteiger partial charge in [0.05, 0.1) is 0 Å². The van der Waals surface area contributed by atoms with E-state index in [4.69, 9.17) is 11.6 Å². The fraction of sp³-hybridized carbons (Fsp3) is 0.190. The van der Waals surface area contributed by atoms with Crippen molar-refractivity contribution in [3.8, 4) is 0 Å². The normalized spacial score (nSPS) is 12.8. The second kappa shape index (κ2) is 7.00. The Balaban J connectivity index is 1.63. The zero-order valence-electron chi connectivity index (χ0n) is 15.2. The van der Waals surface area contributed by atoms with Gasteiger partial charge in [-0.05, 0) is 55.7 Å². The Bertz CT molecular complexity index is 1030. The predicted molar refractivity (Wildman–Crippen MR) is 108 cm³/mol. The molecule has 136 valence electrons. The number of hydrogen-bond donors (Lipinski definition) is 1. The SMILES string of the molecule is Cc1cc(C(=O)Nc2ccc(C)c(Cl)c2)nc(N2CCc3ccccc32)n1. The molecule has 0 spiro atoms. The fourth-order valence-corrected chi connectivity index (χ4v) is 3.38. The Morgan fingerprint density at radius 3 is 2.74 bits per heavy atom. The lowest BCUT2D eigenvalue weighted by atomic mass is 10.2. The molecular formula is C21H19ClN4O. The second-order valence-electron chi connectivity index (χ2n) is 6.64. The molecule has 1 aromatic heterocycles. The zero-order chi connectivity index (χ0) is 19.0. The van der Waals surface area contributed by atoms with Crippen molar-refractivity contribution in [3.63, 3.8) is 0 Å². The lowest BCUT2D eigenvalue weighted by Gasteiger charge is -2.18. The number of carbonyl (C=O) groups excluding carboxylic acids is 1. The number of aromatic nitrogens is 2. The third kappa shape index (κ3) is 3.51. The van der Waals surface area contributed by atoms with Gasteiger partial charge >= 0.3 is 0 Å². The Morgan fingerprint density at radius 1 is 1.11 bits per heavy atom. The van der Waals surface area contributed by atoms with Crippen LogP contribution in [0.5, 0.6) is 0 Å². The minimum Gasteiger partial charge on any atom is -0.321 e. The van der Waals surface area contributed by atoms with Crippen LogP contribution in [0.15, 0.2) is 48.5 Å². The highest BCUT2D eigenvalue weighted by Gasteiger charge is 2.23. The Labute approximate surface area is 163 Å². The number of aryl methyl sites for hydroxylation is 2. The molecule has 27 heavy (non-hydrogen) atoms. The van der Waals surface area contributed by atoms with E-state index in [1.807, 2.05) is 38.1 Å². The number of carbonyl (C=O) groups is 1. The number of anilines is 3. The molecule has 0 unspecified atom stereocenters. The van der Waals surface area contributed by atoms with Crippen molar-refractivity contribution in [2.45, 2.75) is 20.3 Å². The van der Waals surface area contributed by atoms with Crippen LogP contribution in [0, 0.1) is 13.8 Å². The van der Waals surface area contributed by atoms with E-state index >= 15 is 0 Å². The van der Waals surface area contributed by atoms with Crippen molar-refractivity contribution in [3.05, 3.63) is 76.1 Å². The van der Waals surface area contributed by atoms with Gasteiger partial charge in [-0.3, -0.25) is 4.79 Å². The van der Waals surface area contributed by atoms with E-state index in [2.05, 4.69) is 32.3 Å². The van der Waals surface area contributed by atoms with Crippen molar-refractivity contribution in [2.75, 3.05) is 16.8 Å². The van der Waals surface area contributed by atoms with E-state index in [-0.39, 0.29) is 5.91 Å². The van der Waals surface area contributed by atoms with Crippen LogP contribution in [0.1, 0.15) is 27.3 Å². The summed E-state index contributed by atoms with van der Waals surface area (Å²) in [7, 11) is 0. The zero-order valence-corrected chi connectivity index (χ0v) is 15.9. The van der Waals surface area contributed by atoms with Gasteiger partial charge in [0.1, 0.15) is 5.69 Å². The highest BCUT2D eigenvalue weighted by Crippen LogP contribution is 2.32. The third-order valence-corrected chi connectivity index (χ3v) is 5.04. The van der Waals surface area contributed by atoms with E-state index in [1.54, 1.807) is 12.1 Å². The summed E-state index contributed by atoms with van der Waals surface area (Å²) < 4.78 is 0. The van der Waals surface area contributed by atoms with E-state index in [0.717, 1.165) is 29.9 Å². The van der Waals surface area contributed by atoms with Crippen molar-refractivity contribution >= 4 is 34.8 Å². The maximum absolute atomic E-state index is 12.7. The molecule has 6 heteroatoms. The largest absolute Gasteiger partial charge is 0.321 e. The van der Waals surface area contributed by atoms with E-state index in [1.165, 1.54) is 5.56 Å². The van der Waals surface area contributed by atoms with Crippen LogP contribution >= 0.6 is 11.6 Å². The average molecular weight is 379 g/mol. The van der Waals surface area contributed by atoms with Gasteiger partial charge in [-0.2, -0.15) is 0 Å². The van der Waals surface area contributed by atoms with E-state index in [0.29, 0.717) is 22.4 Å². The van der Waals surface area contributed by atoms with Crippen LogP contribution in [-0.4, -0.2) is 22.4 Å². The van der Waals surface area contributed by atoms with Crippen molar-refractivity contribution in [2.24, 2.45) is 0 Å². The van der Waals surface area contributed by atoms with Gasteiger partial charge in [0.15, 0.2) is 0 Å². The summed E-state index contributed by atoms with van der Waals surface area (Å²) in [5.41, 5.74) is 5.04. The smallest absolute Gasteiger partial charge is 0.274 e. The summed E-state index contributed by atoms with van der Waals surface area (Å²) >= 11 is 6.14. The summed E-state index contributed by atoms with van der Waals surface area (Å²) in [5, 5.41) is 3.47. The molecule has 0 saturated carbocycles. The van der Waals surface area contributed by atoms with Crippen molar-refractivity contribution in [1.82, 2.24) is 9.97 Å². The minimum absolute atomic E-state index is 0.283. The van der Waals surface area contributed by atoms with Crippen LogP contribution in [0.4, 0.5) is 17.3 Å². The molecule has 0 atom stereocenters. The lowest BCUT2D eigenvalue weighted by Crippen LogP contribution is -2.20. The third-order valence-electron chi connectivity index (χ3n) is 4.63.